The SMILES string of the molecule is COC(=CC(=O)C(F)(F)F)c1cccs1. The smallest absolute Gasteiger partial charge is 0.454 e. The molecule has 15 heavy (non-hydrogen) atoms. The number of methoxy groups -OCH3 is 1. The van der Waals surface area contributed by atoms with Crippen molar-refractivity contribution in [2.45, 2.75) is 6.18 Å². The predicted molar refractivity (Wildman–Crippen MR) is 50.4 cm³/mol. The summed E-state index contributed by atoms with van der Waals surface area (Å²) in [5.41, 5.74) is 0. The molecule has 0 fully saturated rings. The second-order valence-electron chi connectivity index (χ2n) is 2.55. The number of ether oxygens (including phenoxy) is 1. The van der Waals surface area contributed by atoms with Gasteiger partial charge in [0.15, 0.2) is 0 Å². The molecule has 0 unspecified atom stereocenters. The molecular formula is C9H7F3O2S. The van der Waals surface area contributed by atoms with Crippen LogP contribution in [0, 0.1) is 0 Å². The molecule has 0 bridgehead atoms. The van der Waals surface area contributed by atoms with Gasteiger partial charge in [-0.2, -0.15) is 13.2 Å². The Kier molecular flexibility index (Phi) is 3.52. The van der Waals surface area contributed by atoms with Crippen LogP contribution in [0.3, 0.4) is 0 Å². The number of rotatable bonds is 3. The van der Waals surface area contributed by atoms with E-state index in [4.69, 9.17) is 4.74 Å². The van der Waals surface area contributed by atoms with E-state index in [0.717, 1.165) is 0 Å². The maximum Gasteiger partial charge on any atom is 0.454 e. The van der Waals surface area contributed by atoms with Crippen molar-refractivity contribution < 1.29 is 22.7 Å². The first kappa shape index (κ1) is 11.8. The molecule has 0 aromatic carbocycles. The topological polar surface area (TPSA) is 26.3 Å². The minimum absolute atomic E-state index is 0.0766. The van der Waals surface area contributed by atoms with Crippen LogP contribution in [-0.4, -0.2) is 19.1 Å². The van der Waals surface area contributed by atoms with E-state index < -0.39 is 12.0 Å². The van der Waals surface area contributed by atoms with Crippen LogP contribution < -0.4 is 0 Å². The lowest BCUT2D eigenvalue weighted by Crippen LogP contribution is -2.20. The summed E-state index contributed by atoms with van der Waals surface area (Å²) in [6.07, 6.45) is -4.41. The Morgan fingerprint density at radius 3 is 2.60 bits per heavy atom. The molecule has 0 saturated carbocycles. The van der Waals surface area contributed by atoms with Crippen molar-refractivity contribution >= 4 is 22.9 Å². The van der Waals surface area contributed by atoms with Crippen LogP contribution >= 0.6 is 11.3 Å². The second kappa shape index (κ2) is 4.48. The Morgan fingerprint density at radius 2 is 2.20 bits per heavy atom. The third-order valence-corrected chi connectivity index (χ3v) is 2.41. The fraction of sp³-hybridized carbons (Fsp3) is 0.222. The summed E-state index contributed by atoms with van der Waals surface area (Å²) in [5, 5.41) is 1.68. The molecule has 0 aliphatic carbocycles. The minimum atomic E-state index is -4.86. The molecule has 0 radical (unpaired) electrons. The van der Waals surface area contributed by atoms with Crippen molar-refractivity contribution in [1.29, 1.82) is 0 Å². The van der Waals surface area contributed by atoms with Gasteiger partial charge in [0, 0.05) is 6.08 Å². The van der Waals surface area contributed by atoms with Gasteiger partial charge >= 0.3 is 6.18 Å². The number of carbonyl (C=O) groups is 1. The first-order valence-corrected chi connectivity index (χ1v) is 4.74. The molecule has 0 atom stereocenters. The molecule has 0 saturated heterocycles. The van der Waals surface area contributed by atoms with E-state index in [2.05, 4.69) is 0 Å². The number of alkyl halides is 3. The molecule has 0 aliphatic heterocycles. The Labute approximate surface area is 88.0 Å². The Hall–Kier alpha value is -1.30. The number of allylic oxidation sites excluding steroid dienone is 1. The highest BCUT2D eigenvalue weighted by atomic mass is 32.1. The van der Waals surface area contributed by atoms with Crippen molar-refractivity contribution in [3.63, 3.8) is 0 Å². The van der Waals surface area contributed by atoms with Gasteiger partial charge < -0.3 is 4.74 Å². The van der Waals surface area contributed by atoms with E-state index in [9.17, 15) is 18.0 Å². The van der Waals surface area contributed by atoms with E-state index in [1.807, 2.05) is 0 Å². The lowest BCUT2D eigenvalue weighted by Gasteiger charge is -2.04. The number of ketones is 1. The van der Waals surface area contributed by atoms with Crippen LogP contribution in [0.1, 0.15) is 4.88 Å². The summed E-state index contributed by atoms with van der Waals surface area (Å²) in [4.78, 5) is 11.1. The van der Waals surface area contributed by atoms with Crippen molar-refractivity contribution in [2.75, 3.05) is 7.11 Å². The van der Waals surface area contributed by atoms with Gasteiger partial charge in [0.2, 0.25) is 0 Å². The van der Waals surface area contributed by atoms with Crippen LogP contribution in [0.15, 0.2) is 23.6 Å². The molecule has 1 aromatic heterocycles. The minimum Gasteiger partial charge on any atom is -0.495 e. The summed E-state index contributed by atoms with van der Waals surface area (Å²) < 4.78 is 40.5. The zero-order chi connectivity index (χ0) is 11.5. The summed E-state index contributed by atoms with van der Waals surface area (Å²) in [6, 6.07) is 3.23. The highest BCUT2D eigenvalue weighted by Crippen LogP contribution is 2.24. The van der Waals surface area contributed by atoms with Crippen LogP contribution in [0.5, 0.6) is 0 Å². The molecular weight excluding hydrogens is 229 g/mol. The molecule has 0 N–H and O–H groups in total. The summed E-state index contributed by atoms with van der Waals surface area (Å²) in [5.74, 6) is -2.00. The van der Waals surface area contributed by atoms with Gasteiger partial charge in [0.05, 0.1) is 12.0 Å². The normalized spacial score (nSPS) is 12.7. The van der Waals surface area contributed by atoms with Gasteiger partial charge in [-0.3, -0.25) is 4.79 Å². The van der Waals surface area contributed by atoms with E-state index in [-0.39, 0.29) is 5.76 Å². The zero-order valence-electron chi connectivity index (χ0n) is 7.67. The highest BCUT2D eigenvalue weighted by Gasteiger charge is 2.37. The fourth-order valence-electron chi connectivity index (χ4n) is 0.850. The number of halogens is 3. The molecule has 0 amide bonds. The quantitative estimate of drug-likeness (QED) is 0.595. The zero-order valence-corrected chi connectivity index (χ0v) is 8.48. The standard InChI is InChI=1S/C9H7F3O2S/c1-14-6(7-3-2-4-15-7)5-8(13)9(10,11)12/h2-5H,1H3. The van der Waals surface area contributed by atoms with Gasteiger partial charge in [0.1, 0.15) is 5.76 Å². The monoisotopic (exact) mass is 236 g/mol. The van der Waals surface area contributed by atoms with E-state index in [1.54, 1.807) is 17.5 Å². The fourth-order valence-corrected chi connectivity index (χ4v) is 1.57. The number of hydrogen-bond donors (Lipinski definition) is 0. The largest absolute Gasteiger partial charge is 0.495 e. The summed E-state index contributed by atoms with van der Waals surface area (Å²) in [7, 11) is 1.22. The average Bonchev–Trinajstić information content (AvgIpc) is 2.64. The molecule has 0 spiro atoms. The van der Waals surface area contributed by atoms with Crippen molar-refractivity contribution in [3.8, 4) is 0 Å². The summed E-state index contributed by atoms with van der Waals surface area (Å²) in [6.45, 7) is 0. The molecule has 1 heterocycles. The Morgan fingerprint density at radius 1 is 1.53 bits per heavy atom. The van der Waals surface area contributed by atoms with Gasteiger partial charge in [-0.25, -0.2) is 0 Å². The van der Waals surface area contributed by atoms with Gasteiger partial charge in [-0.1, -0.05) is 6.07 Å². The van der Waals surface area contributed by atoms with Crippen LogP contribution in [0.4, 0.5) is 13.2 Å². The molecule has 0 aliphatic rings. The Bertz CT molecular complexity index is 365. The number of carbonyl (C=O) groups excluding carboxylic acids is 1. The third-order valence-electron chi connectivity index (χ3n) is 1.53. The van der Waals surface area contributed by atoms with Gasteiger partial charge in [-0.05, 0) is 11.4 Å². The lowest BCUT2D eigenvalue weighted by molar-refractivity contribution is -0.165. The van der Waals surface area contributed by atoms with E-state index in [0.29, 0.717) is 11.0 Å². The first-order valence-electron chi connectivity index (χ1n) is 3.86. The van der Waals surface area contributed by atoms with Crippen LogP contribution in [-0.2, 0) is 9.53 Å². The van der Waals surface area contributed by atoms with Crippen molar-refractivity contribution in [3.05, 3.63) is 28.5 Å². The van der Waals surface area contributed by atoms with Crippen molar-refractivity contribution in [2.24, 2.45) is 0 Å². The number of hydrogen-bond acceptors (Lipinski definition) is 3. The van der Waals surface area contributed by atoms with Gasteiger partial charge in [0.25, 0.3) is 5.78 Å². The molecule has 2 nitrogen and oxygen atoms in total. The van der Waals surface area contributed by atoms with Crippen LogP contribution in [0.25, 0.3) is 5.76 Å². The molecule has 1 rings (SSSR count). The second-order valence-corrected chi connectivity index (χ2v) is 3.50. The van der Waals surface area contributed by atoms with Gasteiger partial charge in [-0.15, -0.1) is 11.3 Å². The van der Waals surface area contributed by atoms with E-state index in [1.165, 1.54) is 18.4 Å². The average molecular weight is 236 g/mol. The molecule has 6 heteroatoms. The first-order chi connectivity index (χ1) is 6.95. The summed E-state index contributed by atoms with van der Waals surface area (Å²) >= 11 is 1.20. The molecule has 82 valence electrons. The van der Waals surface area contributed by atoms with E-state index >= 15 is 0 Å². The Balaban J connectivity index is 2.94. The number of thiophene rings is 1. The van der Waals surface area contributed by atoms with Crippen LogP contribution in [0.2, 0.25) is 0 Å². The highest BCUT2D eigenvalue weighted by molar-refractivity contribution is 7.11. The third kappa shape index (κ3) is 3.09. The molecule has 1 aromatic rings. The lowest BCUT2D eigenvalue weighted by atomic mass is 10.3. The maximum atomic E-state index is 11.9. The maximum absolute atomic E-state index is 11.9. The predicted octanol–water partition coefficient (Wildman–Crippen LogP) is 2.87. The van der Waals surface area contributed by atoms with Crippen molar-refractivity contribution in [1.82, 2.24) is 0 Å².